The number of hydrogen-bond donors (Lipinski definition) is 2. The lowest BCUT2D eigenvalue weighted by Gasteiger charge is -2.12. The van der Waals surface area contributed by atoms with E-state index in [4.69, 9.17) is 4.42 Å². The van der Waals surface area contributed by atoms with Gasteiger partial charge in [0, 0.05) is 33.1 Å². The van der Waals surface area contributed by atoms with Gasteiger partial charge in [0.1, 0.15) is 5.76 Å². The summed E-state index contributed by atoms with van der Waals surface area (Å²) < 4.78 is 7.52. The van der Waals surface area contributed by atoms with Crippen LogP contribution in [0.5, 0.6) is 0 Å². The number of nitrogens with zero attached hydrogens (tertiary/aromatic N) is 3. The Morgan fingerprint density at radius 3 is 2.62 bits per heavy atom. The molecule has 2 N–H and O–H groups in total. The molecular weight excluding hydrogens is 362 g/mol. The standard InChI is InChI=1S/C23H25N5O/c1-24-23(25-13-12-20-5-4-14-29-20)26-15-18-8-10-19(11-9-18)16-28-17-27-21-6-2-3-7-22(21)28/h2-11,14,17H,12-13,15-16H2,1H3,(H2,24,25,26). The maximum absolute atomic E-state index is 5.34. The van der Waals surface area contributed by atoms with Crippen molar-refractivity contribution in [2.75, 3.05) is 13.6 Å². The molecule has 0 saturated heterocycles. The van der Waals surface area contributed by atoms with E-state index >= 15 is 0 Å². The SMILES string of the molecule is CN=C(NCCc1ccco1)NCc1ccc(Cn2cnc3ccccc32)cc1. The molecule has 0 aliphatic rings. The third kappa shape index (κ3) is 4.85. The van der Waals surface area contributed by atoms with Crippen LogP contribution in [0.25, 0.3) is 11.0 Å². The van der Waals surface area contributed by atoms with Gasteiger partial charge in [-0.05, 0) is 35.4 Å². The Morgan fingerprint density at radius 1 is 1.00 bits per heavy atom. The summed E-state index contributed by atoms with van der Waals surface area (Å²) in [4.78, 5) is 8.73. The molecule has 148 valence electrons. The molecule has 0 aliphatic carbocycles. The zero-order chi connectivity index (χ0) is 19.9. The quantitative estimate of drug-likeness (QED) is 0.376. The molecule has 4 aromatic rings. The second-order valence-corrected chi connectivity index (χ2v) is 6.86. The number of imidazole rings is 1. The first kappa shape index (κ1) is 18.8. The number of para-hydroxylation sites is 2. The number of furan rings is 1. The van der Waals surface area contributed by atoms with Crippen LogP contribution in [0, 0.1) is 0 Å². The Labute approximate surface area is 170 Å². The highest BCUT2D eigenvalue weighted by Gasteiger charge is 2.03. The number of fused-ring (bicyclic) bond motifs is 1. The molecule has 0 amide bonds. The van der Waals surface area contributed by atoms with Crippen molar-refractivity contribution >= 4 is 17.0 Å². The molecule has 2 aromatic carbocycles. The fourth-order valence-electron chi connectivity index (χ4n) is 3.26. The van der Waals surface area contributed by atoms with Crippen molar-refractivity contribution in [2.45, 2.75) is 19.5 Å². The van der Waals surface area contributed by atoms with Crippen molar-refractivity contribution < 1.29 is 4.42 Å². The predicted octanol–water partition coefficient (Wildman–Crippen LogP) is 3.59. The molecule has 2 aromatic heterocycles. The first-order valence-electron chi connectivity index (χ1n) is 9.76. The van der Waals surface area contributed by atoms with E-state index in [1.165, 1.54) is 11.1 Å². The first-order valence-corrected chi connectivity index (χ1v) is 9.76. The molecule has 0 fully saturated rings. The van der Waals surface area contributed by atoms with E-state index in [9.17, 15) is 0 Å². The Bertz CT molecular complexity index is 1060. The van der Waals surface area contributed by atoms with Gasteiger partial charge in [-0.25, -0.2) is 4.98 Å². The van der Waals surface area contributed by atoms with Gasteiger partial charge < -0.3 is 19.6 Å². The molecule has 2 heterocycles. The van der Waals surface area contributed by atoms with Crippen molar-refractivity contribution in [2.24, 2.45) is 4.99 Å². The first-order chi connectivity index (χ1) is 14.3. The molecule has 0 radical (unpaired) electrons. The molecule has 0 spiro atoms. The van der Waals surface area contributed by atoms with Crippen LogP contribution in [0.3, 0.4) is 0 Å². The van der Waals surface area contributed by atoms with E-state index in [-0.39, 0.29) is 0 Å². The average Bonchev–Trinajstić information content (AvgIpc) is 3.42. The normalized spacial score (nSPS) is 11.7. The van der Waals surface area contributed by atoms with Gasteiger partial charge >= 0.3 is 0 Å². The second kappa shape index (κ2) is 9.10. The van der Waals surface area contributed by atoms with Crippen LogP contribution in [0.1, 0.15) is 16.9 Å². The van der Waals surface area contributed by atoms with E-state index in [2.05, 4.69) is 55.5 Å². The number of benzene rings is 2. The summed E-state index contributed by atoms with van der Waals surface area (Å²) in [5, 5.41) is 6.65. The van der Waals surface area contributed by atoms with Gasteiger partial charge in [0.15, 0.2) is 5.96 Å². The van der Waals surface area contributed by atoms with E-state index in [1.807, 2.05) is 36.7 Å². The van der Waals surface area contributed by atoms with Crippen molar-refractivity contribution in [1.82, 2.24) is 20.2 Å². The number of aliphatic imine (C=N–C) groups is 1. The lowest BCUT2D eigenvalue weighted by atomic mass is 10.1. The van der Waals surface area contributed by atoms with Crippen LogP contribution in [0.15, 0.2) is 82.7 Å². The number of aromatic nitrogens is 2. The van der Waals surface area contributed by atoms with Gasteiger partial charge in [0.2, 0.25) is 0 Å². The molecule has 6 heteroatoms. The van der Waals surface area contributed by atoms with Gasteiger partial charge in [-0.15, -0.1) is 0 Å². The van der Waals surface area contributed by atoms with Crippen LogP contribution >= 0.6 is 0 Å². The summed E-state index contributed by atoms with van der Waals surface area (Å²) in [6.45, 7) is 2.30. The lowest BCUT2D eigenvalue weighted by molar-refractivity contribution is 0.507. The number of hydrogen-bond acceptors (Lipinski definition) is 3. The van der Waals surface area contributed by atoms with Crippen molar-refractivity contribution in [3.8, 4) is 0 Å². The predicted molar refractivity (Wildman–Crippen MR) is 116 cm³/mol. The number of nitrogens with one attached hydrogen (secondary N) is 2. The third-order valence-corrected chi connectivity index (χ3v) is 4.83. The van der Waals surface area contributed by atoms with Crippen LogP contribution in [-0.2, 0) is 19.5 Å². The molecule has 0 saturated carbocycles. The lowest BCUT2D eigenvalue weighted by Crippen LogP contribution is -2.37. The Balaban J connectivity index is 1.28. The fourth-order valence-corrected chi connectivity index (χ4v) is 3.26. The van der Waals surface area contributed by atoms with E-state index < -0.39 is 0 Å². The number of rotatable bonds is 7. The summed E-state index contributed by atoms with van der Waals surface area (Å²) in [6.07, 6.45) is 4.42. The van der Waals surface area contributed by atoms with Gasteiger partial charge in [0.25, 0.3) is 0 Å². The minimum absolute atomic E-state index is 0.717. The second-order valence-electron chi connectivity index (χ2n) is 6.86. The highest BCUT2D eigenvalue weighted by atomic mass is 16.3. The van der Waals surface area contributed by atoms with Crippen LogP contribution in [0.2, 0.25) is 0 Å². The summed E-state index contributed by atoms with van der Waals surface area (Å²) in [6, 6.07) is 20.7. The molecule has 29 heavy (non-hydrogen) atoms. The largest absolute Gasteiger partial charge is 0.469 e. The minimum atomic E-state index is 0.717. The third-order valence-electron chi connectivity index (χ3n) is 4.83. The highest BCUT2D eigenvalue weighted by Crippen LogP contribution is 2.14. The molecule has 0 atom stereocenters. The van der Waals surface area contributed by atoms with E-state index in [0.29, 0.717) is 6.54 Å². The summed E-state index contributed by atoms with van der Waals surface area (Å²) in [7, 11) is 1.78. The molecule has 0 aliphatic heterocycles. The van der Waals surface area contributed by atoms with Gasteiger partial charge in [-0.2, -0.15) is 0 Å². The Morgan fingerprint density at radius 2 is 1.83 bits per heavy atom. The highest BCUT2D eigenvalue weighted by molar-refractivity contribution is 5.79. The molecule has 0 bridgehead atoms. The molecule has 4 rings (SSSR count). The van der Waals surface area contributed by atoms with Crippen molar-refractivity contribution in [3.63, 3.8) is 0 Å². The topological polar surface area (TPSA) is 67.4 Å². The summed E-state index contributed by atoms with van der Waals surface area (Å²) in [5.74, 6) is 1.75. The zero-order valence-electron chi connectivity index (χ0n) is 16.5. The van der Waals surface area contributed by atoms with Gasteiger partial charge in [-0.3, -0.25) is 4.99 Å². The molecule has 6 nitrogen and oxygen atoms in total. The maximum atomic E-state index is 5.34. The smallest absolute Gasteiger partial charge is 0.191 e. The van der Waals surface area contributed by atoms with Gasteiger partial charge in [-0.1, -0.05) is 36.4 Å². The van der Waals surface area contributed by atoms with E-state index in [1.54, 1.807) is 13.3 Å². The fraction of sp³-hybridized carbons (Fsp3) is 0.217. The average molecular weight is 387 g/mol. The molecule has 0 unspecified atom stereocenters. The maximum Gasteiger partial charge on any atom is 0.191 e. The van der Waals surface area contributed by atoms with Crippen LogP contribution < -0.4 is 10.6 Å². The Kier molecular flexibility index (Phi) is 5.90. The van der Waals surface area contributed by atoms with Crippen LogP contribution in [0.4, 0.5) is 0 Å². The zero-order valence-corrected chi connectivity index (χ0v) is 16.5. The van der Waals surface area contributed by atoms with E-state index in [0.717, 1.165) is 42.3 Å². The van der Waals surface area contributed by atoms with Crippen molar-refractivity contribution in [1.29, 1.82) is 0 Å². The number of guanidine groups is 1. The monoisotopic (exact) mass is 387 g/mol. The summed E-state index contributed by atoms with van der Waals surface area (Å²) in [5.41, 5.74) is 4.64. The minimum Gasteiger partial charge on any atom is -0.469 e. The van der Waals surface area contributed by atoms with Gasteiger partial charge in [0.05, 0.1) is 23.6 Å². The van der Waals surface area contributed by atoms with Crippen molar-refractivity contribution in [3.05, 3.63) is 90.1 Å². The molecular formula is C23H25N5O. The van der Waals surface area contributed by atoms with Crippen LogP contribution in [-0.4, -0.2) is 29.1 Å². The summed E-state index contributed by atoms with van der Waals surface area (Å²) >= 11 is 0. The Hall–Kier alpha value is -3.54.